The molecule has 1 aromatic carbocycles. The van der Waals surface area contributed by atoms with Gasteiger partial charge in [-0.15, -0.1) is 0 Å². The number of hydrogen-bond acceptors (Lipinski definition) is 3. The molecule has 0 aliphatic carbocycles. The van der Waals surface area contributed by atoms with Crippen molar-refractivity contribution in [2.75, 3.05) is 0 Å². The number of pyridine rings is 1. The van der Waals surface area contributed by atoms with Crippen LogP contribution in [-0.2, 0) is 6.54 Å². The molecule has 0 aliphatic heterocycles. The molecule has 1 N–H and O–H groups in total. The average molecular weight is 255 g/mol. The lowest BCUT2D eigenvalue weighted by Crippen LogP contribution is -2.41. The van der Waals surface area contributed by atoms with E-state index in [1.807, 2.05) is 43.3 Å². The van der Waals surface area contributed by atoms with Crippen molar-refractivity contribution in [1.82, 2.24) is 0 Å². The Hall–Kier alpha value is -2.49. The van der Waals surface area contributed by atoms with Gasteiger partial charge in [-0.05, 0) is 13.0 Å². The Balaban J connectivity index is 2.21. The molecule has 0 radical (unpaired) electrons. The number of carbonyl (C=O) groups is 1. The van der Waals surface area contributed by atoms with E-state index in [1.54, 1.807) is 16.8 Å². The highest BCUT2D eigenvalue weighted by molar-refractivity contribution is 5.95. The van der Waals surface area contributed by atoms with Crippen molar-refractivity contribution in [1.29, 1.82) is 0 Å². The van der Waals surface area contributed by atoms with Crippen LogP contribution >= 0.6 is 0 Å². The van der Waals surface area contributed by atoms with E-state index in [2.05, 4.69) is 5.16 Å². The minimum Gasteiger partial charge on any atom is -0.411 e. The topological polar surface area (TPSA) is 53.5 Å². The average Bonchev–Trinajstić information content (AvgIpc) is 2.42. The van der Waals surface area contributed by atoms with E-state index in [0.29, 0.717) is 11.3 Å². The number of benzene rings is 1. The molecular weight excluding hydrogens is 240 g/mol. The Bertz CT molecular complexity index is 604. The van der Waals surface area contributed by atoms with Gasteiger partial charge in [-0.2, -0.15) is 4.57 Å². The van der Waals surface area contributed by atoms with E-state index in [0.717, 1.165) is 5.56 Å². The molecule has 0 atom stereocenters. The number of rotatable bonds is 4. The van der Waals surface area contributed by atoms with Gasteiger partial charge in [0.15, 0.2) is 6.20 Å². The third kappa shape index (κ3) is 3.25. The maximum absolute atomic E-state index is 12.2. The van der Waals surface area contributed by atoms with Crippen LogP contribution in [0, 0.1) is 6.92 Å². The Morgan fingerprint density at radius 3 is 2.68 bits per heavy atom. The van der Waals surface area contributed by atoms with Crippen molar-refractivity contribution < 1.29 is 14.6 Å². The van der Waals surface area contributed by atoms with Crippen molar-refractivity contribution in [3.8, 4) is 0 Å². The van der Waals surface area contributed by atoms with Crippen LogP contribution in [0.5, 0.6) is 0 Å². The Kier molecular flexibility index (Phi) is 4.03. The number of hydrogen-bond donors (Lipinski definition) is 1. The molecule has 1 aromatic heterocycles. The number of Topliss-reactive ketones (excluding diaryl/α,β-unsaturated/α-hetero) is 1. The number of carbonyl (C=O) groups excluding carboxylic acids is 1. The molecule has 0 fully saturated rings. The molecule has 0 spiro atoms. The number of aromatic nitrogens is 1. The molecule has 2 aromatic rings. The SMILES string of the molecule is Cc1ccc(C(=O)C[n+]2ccccc2C=NO)cc1. The summed E-state index contributed by atoms with van der Waals surface area (Å²) in [6.07, 6.45) is 3.09. The highest BCUT2D eigenvalue weighted by Crippen LogP contribution is 2.04. The number of nitrogens with zero attached hydrogens (tertiary/aromatic N) is 2. The monoisotopic (exact) mass is 255 g/mol. The minimum absolute atomic E-state index is 0.0174. The Morgan fingerprint density at radius 2 is 2.00 bits per heavy atom. The minimum atomic E-state index is 0.0174. The molecule has 0 aliphatic rings. The summed E-state index contributed by atoms with van der Waals surface area (Å²) in [5.74, 6) is 0.0174. The molecule has 0 amide bonds. The summed E-state index contributed by atoms with van der Waals surface area (Å²) in [7, 11) is 0. The lowest BCUT2D eigenvalue weighted by Gasteiger charge is -2.01. The lowest BCUT2D eigenvalue weighted by molar-refractivity contribution is -0.684. The number of aryl methyl sites for hydroxylation is 1. The van der Waals surface area contributed by atoms with Crippen LogP contribution < -0.4 is 4.57 Å². The van der Waals surface area contributed by atoms with Gasteiger partial charge >= 0.3 is 0 Å². The molecule has 2 rings (SSSR count). The standard InChI is InChI=1S/C15H14N2O2/c1-12-5-7-13(8-6-12)15(18)11-17-9-3-2-4-14(17)10-16-19/h2-10H,11H2,1H3/p+1. The first-order chi connectivity index (χ1) is 9.20. The van der Waals surface area contributed by atoms with Crippen molar-refractivity contribution in [2.45, 2.75) is 13.5 Å². The van der Waals surface area contributed by atoms with Crippen LogP contribution in [-0.4, -0.2) is 17.2 Å². The molecular formula is C15H15N2O2+. The van der Waals surface area contributed by atoms with E-state index in [9.17, 15) is 4.79 Å². The first-order valence-electron chi connectivity index (χ1n) is 5.96. The summed E-state index contributed by atoms with van der Waals surface area (Å²) < 4.78 is 1.74. The second-order valence-corrected chi connectivity index (χ2v) is 4.29. The maximum atomic E-state index is 12.2. The second kappa shape index (κ2) is 5.91. The van der Waals surface area contributed by atoms with Crippen LogP contribution in [0.25, 0.3) is 0 Å². The summed E-state index contributed by atoms with van der Waals surface area (Å²) in [5.41, 5.74) is 2.47. The molecule has 4 heteroatoms. The fraction of sp³-hybridized carbons (Fsp3) is 0.133. The van der Waals surface area contributed by atoms with Gasteiger partial charge in [0.05, 0.1) is 0 Å². The summed E-state index contributed by atoms with van der Waals surface area (Å²) >= 11 is 0. The van der Waals surface area contributed by atoms with E-state index < -0.39 is 0 Å². The zero-order chi connectivity index (χ0) is 13.7. The largest absolute Gasteiger partial charge is 0.411 e. The van der Waals surface area contributed by atoms with Gasteiger partial charge in [0.1, 0.15) is 6.21 Å². The molecule has 0 bridgehead atoms. The first kappa shape index (κ1) is 13.0. The van der Waals surface area contributed by atoms with Gasteiger partial charge < -0.3 is 5.21 Å². The summed E-state index contributed by atoms with van der Waals surface area (Å²) in [6.45, 7) is 2.20. The van der Waals surface area contributed by atoms with Crippen LogP contribution in [0.3, 0.4) is 0 Å². The summed E-state index contributed by atoms with van der Waals surface area (Å²) in [5, 5.41) is 11.6. The smallest absolute Gasteiger partial charge is 0.227 e. The van der Waals surface area contributed by atoms with Gasteiger partial charge in [-0.1, -0.05) is 35.0 Å². The van der Waals surface area contributed by atoms with Crippen LogP contribution in [0.2, 0.25) is 0 Å². The zero-order valence-corrected chi connectivity index (χ0v) is 10.7. The van der Waals surface area contributed by atoms with Crippen molar-refractivity contribution in [3.05, 3.63) is 65.5 Å². The van der Waals surface area contributed by atoms with E-state index in [-0.39, 0.29) is 12.3 Å². The molecule has 0 saturated heterocycles. The van der Waals surface area contributed by atoms with Gasteiger partial charge in [0.2, 0.25) is 18.0 Å². The van der Waals surface area contributed by atoms with Crippen molar-refractivity contribution in [2.24, 2.45) is 5.16 Å². The van der Waals surface area contributed by atoms with Gasteiger partial charge in [0.25, 0.3) is 0 Å². The Morgan fingerprint density at radius 1 is 1.26 bits per heavy atom. The third-order valence-electron chi connectivity index (χ3n) is 2.85. The quantitative estimate of drug-likeness (QED) is 0.298. The number of oxime groups is 1. The van der Waals surface area contributed by atoms with Crippen molar-refractivity contribution >= 4 is 12.0 Å². The molecule has 19 heavy (non-hydrogen) atoms. The fourth-order valence-corrected chi connectivity index (χ4v) is 1.80. The maximum Gasteiger partial charge on any atom is 0.227 e. The fourth-order valence-electron chi connectivity index (χ4n) is 1.80. The normalized spacial score (nSPS) is 10.8. The van der Waals surface area contributed by atoms with E-state index in [1.165, 1.54) is 6.21 Å². The highest BCUT2D eigenvalue weighted by Gasteiger charge is 2.14. The first-order valence-corrected chi connectivity index (χ1v) is 5.96. The van der Waals surface area contributed by atoms with Crippen molar-refractivity contribution in [3.63, 3.8) is 0 Å². The molecule has 96 valence electrons. The Labute approximate surface area is 111 Å². The lowest BCUT2D eigenvalue weighted by atomic mass is 10.1. The van der Waals surface area contributed by atoms with E-state index in [4.69, 9.17) is 5.21 Å². The zero-order valence-electron chi connectivity index (χ0n) is 10.7. The van der Waals surface area contributed by atoms with Gasteiger partial charge in [-0.3, -0.25) is 4.79 Å². The predicted octanol–water partition coefficient (Wildman–Crippen LogP) is 1.97. The molecule has 0 unspecified atom stereocenters. The molecule has 4 nitrogen and oxygen atoms in total. The van der Waals surface area contributed by atoms with E-state index >= 15 is 0 Å². The highest BCUT2D eigenvalue weighted by atomic mass is 16.4. The predicted molar refractivity (Wildman–Crippen MR) is 71.5 cm³/mol. The van der Waals surface area contributed by atoms with Gasteiger partial charge in [0, 0.05) is 17.7 Å². The van der Waals surface area contributed by atoms with Crippen LogP contribution in [0.1, 0.15) is 21.6 Å². The molecule has 1 heterocycles. The summed E-state index contributed by atoms with van der Waals surface area (Å²) in [4.78, 5) is 12.2. The summed E-state index contributed by atoms with van der Waals surface area (Å²) in [6, 6.07) is 12.9. The van der Waals surface area contributed by atoms with Gasteiger partial charge in [-0.25, -0.2) is 0 Å². The molecule has 0 saturated carbocycles. The second-order valence-electron chi connectivity index (χ2n) is 4.29. The third-order valence-corrected chi connectivity index (χ3v) is 2.85. The van der Waals surface area contributed by atoms with Crippen LogP contribution in [0.15, 0.2) is 53.8 Å². The number of ketones is 1. The van der Waals surface area contributed by atoms with Crippen LogP contribution in [0.4, 0.5) is 0 Å².